The average Bonchev–Trinajstić information content (AvgIpc) is 2.39. The molecular formula is C12H15ClO. The molecule has 0 aromatic heterocycles. The quantitative estimate of drug-likeness (QED) is 0.631. The van der Waals surface area contributed by atoms with Gasteiger partial charge in [-0.1, -0.05) is 19.9 Å². The van der Waals surface area contributed by atoms with Crippen LogP contribution in [0.2, 0.25) is 0 Å². The summed E-state index contributed by atoms with van der Waals surface area (Å²) in [5, 5.41) is 0. The predicted octanol–water partition coefficient (Wildman–Crippen LogP) is 3.77. The van der Waals surface area contributed by atoms with E-state index in [0.29, 0.717) is 5.88 Å². The van der Waals surface area contributed by atoms with E-state index in [-0.39, 0.29) is 5.41 Å². The smallest absolute Gasteiger partial charge is 0.129 e. The maximum absolute atomic E-state index is 5.81. The summed E-state index contributed by atoms with van der Waals surface area (Å²) < 4.78 is 5.57. The summed E-state index contributed by atoms with van der Waals surface area (Å²) in [6.45, 7) is 4.51. The number of rotatable bonds is 2. The third kappa shape index (κ3) is 1.50. The van der Waals surface area contributed by atoms with Crippen LogP contribution in [0.5, 0.6) is 0 Å². The summed E-state index contributed by atoms with van der Waals surface area (Å²) in [5.74, 6) is 1.74. The van der Waals surface area contributed by atoms with Gasteiger partial charge in [0.1, 0.15) is 5.76 Å². The summed E-state index contributed by atoms with van der Waals surface area (Å²) in [7, 11) is 0. The fourth-order valence-electron chi connectivity index (χ4n) is 2.25. The molecule has 0 N–H and O–H groups in total. The first-order chi connectivity index (χ1) is 6.65. The molecular weight excluding hydrogens is 196 g/mol. The number of hydrogen-bond donors (Lipinski definition) is 0. The zero-order chi connectivity index (χ0) is 10.2. The van der Waals surface area contributed by atoms with Crippen molar-refractivity contribution in [1.29, 1.82) is 0 Å². The normalized spacial score (nSPS) is 23.2. The highest BCUT2D eigenvalue weighted by molar-refractivity contribution is 6.18. The summed E-state index contributed by atoms with van der Waals surface area (Å²) in [5.41, 5.74) is 2.89. The highest BCUT2D eigenvalue weighted by Crippen LogP contribution is 2.48. The number of alkyl halides is 1. The van der Waals surface area contributed by atoms with Gasteiger partial charge in [-0.25, -0.2) is 0 Å². The molecule has 14 heavy (non-hydrogen) atoms. The SMILES string of the molecule is CC1(C)CC2=CC=COC2=C1CCCl. The van der Waals surface area contributed by atoms with E-state index in [1.165, 1.54) is 11.1 Å². The molecule has 2 aliphatic rings. The summed E-state index contributed by atoms with van der Waals surface area (Å²) >= 11 is 5.81. The van der Waals surface area contributed by atoms with E-state index in [1.54, 1.807) is 6.26 Å². The molecule has 0 saturated carbocycles. The van der Waals surface area contributed by atoms with Gasteiger partial charge >= 0.3 is 0 Å². The molecule has 0 aromatic rings. The number of fused-ring (bicyclic) bond motifs is 1. The van der Waals surface area contributed by atoms with Crippen molar-refractivity contribution in [2.75, 3.05) is 5.88 Å². The predicted molar refractivity (Wildman–Crippen MR) is 59.1 cm³/mol. The first-order valence-corrected chi connectivity index (χ1v) is 5.51. The molecule has 1 aliphatic carbocycles. The zero-order valence-electron chi connectivity index (χ0n) is 8.64. The van der Waals surface area contributed by atoms with E-state index >= 15 is 0 Å². The van der Waals surface area contributed by atoms with Crippen LogP contribution in [0.3, 0.4) is 0 Å². The van der Waals surface area contributed by atoms with Crippen molar-refractivity contribution < 1.29 is 4.74 Å². The maximum atomic E-state index is 5.81. The second-order valence-corrected chi connectivity index (χ2v) is 4.82. The minimum Gasteiger partial charge on any atom is -0.465 e. The largest absolute Gasteiger partial charge is 0.465 e. The van der Waals surface area contributed by atoms with E-state index in [4.69, 9.17) is 16.3 Å². The molecule has 0 atom stereocenters. The molecule has 1 aliphatic heterocycles. The van der Waals surface area contributed by atoms with Crippen LogP contribution in [0.25, 0.3) is 0 Å². The van der Waals surface area contributed by atoms with Crippen molar-refractivity contribution in [3.63, 3.8) is 0 Å². The highest BCUT2D eigenvalue weighted by Gasteiger charge is 2.36. The van der Waals surface area contributed by atoms with Gasteiger partial charge in [-0.3, -0.25) is 0 Å². The first kappa shape index (κ1) is 9.85. The Morgan fingerprint density at radius 2 is 2.29 bits per heavy atom. The van der Waals surface area contributed by atoms with Gasteiger partial charge in [-0.15, -0.1) is 11.6 Å². The second-order valence-electron chi connectivity index (χ2n) is 4.45. The van der Waals surface area contributed by atoms with Crippen LogP contribution in [0.15, 0.2) is 35.3 Å². The lowest BCUT2D eigenvalue weighted by atomic mass is 9.84. The fraction of sp³-hybridized carbons (Fsp3) is 0.500. The van der Waals surface area contributed by atoms with E-state index < -0.39 is 0 Å². The highest BCUT2D eigenvalue weighted by atomic mass is 35.5. The molecule has 0 aromatic carbocycles. The minimum absolute atomic E-state index is 0.210. The number of halogens is 1. The lowest BCUT2D eigenvalue weighted by Crippen LogP contribution is -2.10. The Morgan fingerprint density at radius 3 is 3.00 bits per heavy atom. The van der Waals surface area contributed by atoms with Gasteiger partial charge in [-0.05, 0) is 35.5 Å². The van der Waals surface area contributed by atoms with E-state index in [1.807, 2.05) is 6.08 Å². The Labute approximate surface area is 90.1 Å². The topological polar surface area (TPSA) is 9.23 Å². The Bertz CT molecular complexity index is 334. The fourth-order valence-corrected chi connectivity index (χ4v) is 2.44. The van der Waals surface area contributed by atoms with E-state index in [2.05, 4.69) is 19.9 Å². The molecule has 0 radical (unpaired) electrons. The van der Waals surface area contributed by atoms with Crippen LogP contribution in [-0.4, -0.2) is 5.88 Å². The monoisotopic (exact) mass is 210 g/mol. The van der Waals surface area contributed by atoms with Crippen molar-refractivity contribution in [3.8, 4) is 0 Å². The number of allylic oxidation sites excluding steroid dienone is 4. The summed E-state index contributed by atoms with van der Waals surface area (Å²) in [4.78, 5) is 0. The number of ether oxygens (including phenoxy) is 1. The molecule has 0 spiro atoms. The molecule has 0 amide bonds. The van der Waals surface area contributed by atoms with Crippen LogP contribution in [0.4, 0.5) is 0 Å². The molecule has 2 rings (SSSR count). The van der Waals surface area contributed by atoms with Gasteiger partial charge in [0.2, 0.25) is 0 Å². The van der Waals surface area contributed by atoms with Gasteiger partial charge in [0.05, 0.1) is 6.26 Å². The van der Waals surface area contributed by atoms with Crippen molar-refractivity contribution in [2.24, 2.45) is 5.41 Å². The minimum atomic E-state index is 0.210. The van der Waals surface area contributed by atoms with Gasteiger partial charge < -0.3 is 4.74 Å². The van der Waals surface area contributed by atoms with E-state index in [0.717, 1.165) is 18.6 Å². The average molecular weight is 211 g/mol. The Kier molecular flexibility index (Phi) is 2.44. The standard InChI is InChI=1S/C12H15ClO/c1-12(2)8-9-4-3-7-14-11(9)10(12)5-6-13/h3-4,7H,5-6,8H2,1-2H3. The Balaban J connectivity index is 2.39. The zero-order valence-corrected chi connectivity index (χ0v) is 9.40. The molecule has 0 unspecified atom stereocenters. The van der Waals surface area contributed by atoms with Crippen molar-refractivity contribution in [1.82, 2.24) is 0 Å². The summed E-state index contributed by atoms with van der Waals surface area (Å²) in [6, 6.07) is 0. The van der Waals surface area contributed by atoms with Crippen molar-refractivity contribution >= 4 is 11.6 Å². The molecule has 76 valence electrons. The van der Waals surface area contributed by atoms with Gasteiger partial charge in [0, 0.05) is 5.88 Å². The van der Waals surface area contributed by atoms with Crippen LogP contribution >= 0.6 is 11.6 Å². The van der Waals surface area contributed by atoms with Crippen LogP contribution in [0.1, 0.15) is 26.7 Å². The Hall–Kier alpha value is -0.690. The molecule has 0 fully saturated rings. The Morgan fingerprint density at radius 1 is 1.50 bits per heavy atom. The lowest BCUT2D eigenvalue weighted by Gasteiger charge is -2.20. The maximum Gasteiger partial charge on any atom is 0.129 e. The van der Waals surface area contributed by atoms with Crippen LogP contribution < -0.4 is 0 Å². The first-order valence-electron chi connectivity index (χ1n) is 4.97. The van der Waals surface area contributed by atoms with Gasteiger partial charge in [0.15, 0.2) is 0 Å². The molecule has 1 heterocycles. The molecule has 0 bridgehead atoms. The lowest BCUT2D eigenvalue weighted by molar-refractivity contribution is 0.351. The van der Waals surface area contributed by atoms with Crippen molar-refractivity contribution in [2.45, 2.75) is 26.7 Å². The molecule has 1 nitrogen and oxygen atoms in total. The molecule has 2 heteroatoms. The second kappa shape index (κ2) is 3.47. The van der Waals surface area contributed by atoms with Gasteiger partial charge in [-0.2, -0.15) is 0 Å². The molecule has 0 saturated heterocycles. The van der Waals surface area contributed by atoms with Gasteiger partial charge in [0.25, 0.3) is 0 Å². The van der Waals surface area contributed by atoms with Crippen LogP contribution in [-0.2, 0) is 4.74 Å². The van der Waals surface area contributed by atoms with E-state index in [9.17, 15) is 0 Å². The number of hydrogen-bond acceptors (Lipinski definition) is 1. The third-order valence-electron chi connectivity index (χ3n) is 2.92. The third-order valence-corrected chi connectivity index (χ3v) is 3.11. The van der Waals surface area contributed by atoms with Crippen molar-refractivity contribution in [3.05, 3.63) is 35.3 Å². The summed E-state index contributed by atoms with van der Waals surface area (Å²) in [6.07, 6.45) is 7.84. The van der Waals surface area contributed by atoms with Crippen LogP contribution in [0, 0.1) is 5.41 Å².